The van der Waals surface area contributed by atoms with Crippen LogP contribution in [0.1, 0.15) is 57.3 Å². The molecule has 2 aromatic carbocycles. The van der Waals surface area contributed by atoms with E-state index in [0.29, 0.717) is 5.92 Å². The SMILES string of the molecule is COc1ccc(OC)c2[nH]c(CCCN(C)CC[C@@]3(C(C)(C)C(=O)O)C[C@@H]4CC[C@H]3C=C4c3ccccc3)nc12. The number of aromatic nitrogens is 2. The lowest BCUT2D eigenvalue weighted by molar-refractivity contribution is -0.162. The largest absolute Gasteiger partial charge is 0.494 e. The van der Waals surface area contributed by atoms with Gasteiger partial charge < -0.3 is 24.5 Å². The molecule has 0 spiro atoms. The molecule has 2 N–H and O–H groups in total. The van der Waals surface area contributed by atoms with Crippen LogP contribution in [0.4, 0.5) is 0 Å². The highest BCUT2D eigenvalue weighted by Gasteiger charge is 2.58. The fourth-order valence-corrected chi connectivity index (χ4v) is 7.27. The van der Waals surface area contributed by atoms with Crippen molar-refractivity contribution in [3.63, 3.8) is 0 Å². The van der Waals surface area contributed by atoms with Gasteiger partial charge in [-0.1, -0.05) is 36.4 Å². The van der Waals surface area contributed by atoms with E-state index in [4.69, 9.17) is 14.5 Å². The maximum atomic E-state index is 12.6. The van der Waals surface area contributed by atoms with E-state index < -0.39 is 11.4 Å². The van der Waals surface area contributed by atoms with Crippen LogP contribution in [0.5, 0.6) is 11.5 Å². The fourth-order valence-electron chi connectivity index (χ4n) is 7.27. The first-order chi connectivity index (χ1) is 19.2. The fraction of sp³-hybridized carbons (Fsp3) is 0.515. The lowest BCUT2D eigenvalue weighted by Gasteiger charge is -2.57. The third-order valence-electron chi connectivity index (χ3n) is 9.81. The molecule has 3 aliphatic carbocycles. The Balaban J connectivity index is 1.27. The predicted molar refractivity (Wildman–Crippen MR) is 159 cm³/mol. The van der Waals surface area contributed by atoms with Gasteiger partial charge in [-0.2, -0.15) is 0 Å². The molecule has 0 aliphatic heterocycles. The molecule has 214 valence electrons. The van der Waals surface area contributed by atoms with E-state index in [9.17, 15) is 9.90 Å². The van der Waals surface area contributed by atoms with Crippen molar-refractivity contribution >= 4 is 22.6 Å². The van der Waals surface area contributed by atoms with E-state index in [-0.39, 0.29) is 11.3 Å². The van der Waals surface area contributed by atoms with Crippen LogP contribution < -0.4 is 9.47 Å². The minimum absolute atomic E-state index is 0.264. The highest BCUT2D eigenvalue weighted by atomic mass is 16.5. The van der Waals surface area contributed by atoms with Crippen LogP contribution in [0.25, 0.3) is 16.6 Å². The number of fused-ring (bicyclic) bond motifs is 3. The molecule has 3 aromatic rings. The summed E-state index contributed by atoms with van der Waals surface area (Å²) in [5.41, 5.74) is 3.29. The Hall–Kier alpha value is -3.32. The number of ether oxygens (including phenoxy) is 2. The van der Waals surface area contributed by atoms with Crippen LogP contribution in [0.2, 0.25) is 0 Å². The van der Waals surface area contributed by atoms with Gasteiger partial charge in [-0.05, 0) is 107 Å². The lowest BCUT2D eigenvalue weighted by Crippen LogP contribution is -2.54. The molecule has 1 saturated carbocycles. The van der Waals surface area contributed by atoms with Crippen molar-refractivity contribution in [2.75, 3.05) is 34.4 Å². The number of nitrogens with zero attached hydrogens (tertiary/aromatic N) is 2. The molecule has 7 nitrogen and oxygen atoms in total. The zero-order valence-corrected chi connectivity index (χ0v) is 24.5. The Kier molecular flexibility index (Phi) is 7.96. The second kappa shape index (κ2) is 11.3. The van der Waals surface area contributed by atoms with E-state index in [1.165, 1.54) is 11.1 Å². The number of nitrogens with one attached hydrogen (secondary N) is 1. The van der Waals surface area contributed by atoms with Gasteiger partial charge in [0, 0.05) is 6.42 Å². The number of carboxylic acids is 1. The summed E-state index contributed by atoms with van der Waals surface area (Å²) in [6.45, 7) is 5.69. The normalized spacial score (nSPS) is 22.5. The van der Waals surface area contributed by atoms with E-state index in [1.807, 2.05) is 26.0 Å². The third kappa shape index (κ3) is 5.00. The van der Waals surface area contributed by atoms with Crippen LogP contribution in [-0.2, 0) is 11.2 Å². The number of rotatable bonds is 12. The molecule has 3 atom stereocenters. The van der Waals surface area contributed by atoms with E-state index in [0.717, 1.165) is 80.0 Å². The van der Waals surface area contributed by atoms with E-state index >= 15 is 0 Å². The number of aliphatic carboxylic acids is 1. The topological polar surface area (TPSA) is 87.7 Å². The highest BCUT2D eigenvalue weighted by Crippen LogP contribution is 2.62. The summed E-state index contributed by atoms with van der Waals surface area (Å²) in [6.07, 6.45) is 8.22. The Morgan fingerprint density at radius 2 is 1.82 bits per heavy atom. The molecule has 1 fully saturated rings. The molecule has 40 heavy (non-hydrogen) atoms. The number of aryl methyl sites for hydroxylation is 1. The molecule has 2 bridgehead atoms. The zero-order chi connectivity index (χ0) is 28.5. The third-order valence-corrected chi connectivity index (χ3v) is 9.81. The molecule has 1 aromatic heterocycles. The molecule has 0 amide bonds. The van der Waals surface area contributed by atoms with Gasteiger partial charge in [-0.15, -0.1) is 0 Å². The van der Waals surface area contributed by atoms with Crippen molar-refractivity contribution < 1.29 is 19.4 Å². The zero-order valence-electron chi connectivity index (χ0n) is 24.5. The summed E-state index contributed by atoms with van der Waals surface area (Å²) in [5.74, 6) is 2.40. The monoisotopic (exact) mass is 545 g/mol. The maximum Gasteiger partial charge on any atom is 0.309 e. The first-order valence-corrected chi connectivity index (χ1v) is 14.5. The lowest BCUT2D eigenvalue weighted by atomic mass is 9.46. The van der Waals surface area contributed by atoms with Gasteiger partial charge >= 0.3 is 5.97 Å². The van der Waals surface area contributed by atoms with Gasteiger partial charge in [0.2, 0.25) is 0 Å². The first kappa shape index (κ1) is 28.2. The number of carbonyl (C=O) groups is 1. The number of allylic oxidation sites excluding steroid dienone is 2. The van der Waals surface area contributed by atoms with Gasteiger partial charge in [0.15, 0.2) is 0 Å². The van der Waals surface area contributed by atoms with Crippen LogP contribution in [0.15, 0.2) is 48.5 Å². The average Bonchev–Trinajstić information content (AvgIpc) is 3.40. The number of benzene rings is 2. The molecule has 1 heterocycles. The molecule has 6 rings (SSSR count). The molecule has 7 heteroatoms. The van der Waals surface area contributed by atoms with Gasteiger partial charge in [0.1, 0.15) is 28.4 Å². The summed E-state index contributed by atoms with van der Waals surface area (Å²) in [7, 11) is 5.46. The summed E-state index contributed by atoms with van der Waals surface area (Å²) >= 11 is 0. The molecular weight excluding hydrogens is 502 g/mol. The Labute approximate surface area is 237 Å². The minimum atomic E-state index is -0.803. The van der Waals surface area contributed by atoms with Crippen LogP contribution in [0, 0.1) is 22.7 Å². The van der Waals surface area contributed by atoms with Crippen molar-refractivity contribution in [2.24, 2.45) is 22.7 Å². The minimum Gasteiger partial charge on any atom is -0.494 e. The first-order valence-electron chi connectivity index (χ1n) is 14.5. The van der Waals surface area contributed by atoms with Crippen molar-refractivity contribution in [3.8, 4) is 11.5 Å². The number of hydrogen-bond donors (Lipinski definition) is 2. The quantitative estimate of drug-likeness (QED) is 0.272. The van der Waals surface area contributed by atoms with Gasteiger partial charge in [0.05, 0.1) is 19.6 Å². The second-order valence-corrected chi connectivity index (χ2v) is 12.2. The van der Waals surface area contributed by atoms with Crippen molar-refractivity contribution in [1.82, 2.24) is 14.9 Å². The van der Waals surface area contributed by atoms with Gasteiger partial charge in [0.25, 0.3) is 0 Å². The highest BCUT2D eigenvalue weighted by molar-refractivity contribution is 5.87. The number of H-pyrrole nitrogens is 1. The number of carboxylic acid groups (broad SMARTS) is 1. The van der Waals surface area contributed by atoms with Gasteiger partial charge in [-0.3, -0.25) is 4.79 Å². The van der Waals surface area contributed by atoms with Crippen LogP contribution >= 0.6 is 0 Å². The summed E-state index contributed by atoms with van der Waals surface area (Å²) in [5, 5.41) is 10.4. The Bertz CT molecular complexity index is 1340. The summed E-state index contributed by atoms with van der Waals surface area (Å²) < 4.78 is 11.0. The molecule has 3 aliphatic rings. The molecule has 0 radical (unpaired) electrons. The van der Waals surface area contributed by atoms with Crippen LogP contribution in [0.3, 0.4) is 0 Å². The number of hydrogen-bond acceptors (Lipinski definition) is 5. The summed E-state index contributed by atoms with van der Waals surface area (Å²) in [4.78, 5) is 23.2. The number of methoxy groups -OCH3 is 2. The Morgan fingerprint density at radius 3 is 2.48 bits per heavy atom. The molecular formula is C33H43N3O4. The smallest absolute Gasteiger partial charge is 0.309 e. The second-order valence-electron chi connectivity index (χ2n) is 12.2. The predicted octanol–water partition coefficient (Wildman–Crippen LogP) is 6.45. The van der Waals surface area contributed by atoms with Crippen molar-refractivity contribution in [3.05, 3.63) is 59.9 Å². The summed E-state index contributed by atoms with van der Waals surface area (Å²) in [6, 6.07) is 14.4. The van der Waals surface area contributed by atoms with E-state index in [2.05, 4.69) is 53.3 Å². The standard InChI is InChI=1S/C33H43N3O4/c1-32(2,31(37)38)33(21-23-13-14-24(33)20-25(23)22-10-7-6-8-11-22)17-19-36(3)18-9-12-28-34-29-26(39-4)15-16-27(40-5)30(29)35-28/h6-8,10-11,15-16,20,23-24H,9,12-14,17-19,21H2,1-5H3,(H,34,35)(H,37,38)/t23-,24-,33+/m0/s1. The average molecular weight is 546 g/mol. The molecule has 0 unspecified atom stereocenters. The van der Waals surface area contributed by atoms with E-state index in [1.54, 1.807) is 14.2 Å². The maximum absolute atomic E-state index is 12.6. The number of aromatic amines is 1. The molecule has 0 saturated heterocycles. The van der Waals surface area contributed by atoms with Crippen LogP contribution in [-0.4, -0.2) is 60.3 Å². The van der Waals surface area contributed by atoms with Crippen molar-refractivity contribution in [1.29, 1.82) is 0 Å². The van der Waals surface area contributed by atoms with Gasteiger partial charge in [-0.25, -0.2) is 4.98 Å². The Morgan fingerprint density at radius 1 is 1.10 bits per heavy atom. The van der Waals surface area contributed by atoms with Crippen molar-refractivity contribution in [2.45, 2.75) is 52.4 Å². The number of imidazole rings is 1.